The number of halogens is 2. The Labute approximate surface area is 76.1 Å². The predicted molar refractivity (Wildman–Crippen MR) is 45.3 cm³/mol. The topological polar surface area (TPSA) is 17.1 Å². The maximum Gasteiger partial charge on any atom is 0.226 e. The molecule has 1 fully saturated rings. The fraction of sp³-hybridized carbons (Fsp3) is 0.625. The molecule has 60 valence electrons. The van der Waals surface area contributed by atoms with Crippen LogP contribution in [0.4, 0.5) is 0 Å². The monoisotopic (exact) mass is 190 g/mol. The second kappa shape index (κ2) is 2.69. The Balaban J connectivity index is 2.73. The van der Waals surface area contributed by atoms with Crippen molar-refractivity contribution in [3.63, 3.8) is 0 Å². The SMILES string of the molecule is CC1(C)C(C#CCl)C1C(=O)Cl. The second-order valence-electron chi connectivity index (χ2n) is 3.32. The Hall–Kier alpha value is -0.190. The molecular weight excluding hydrogens is 183 g/mol. The first-order chi connectivity index (χ1) is 5.01. The van der Waals surface area contributed by atoms with Crippen LogP contribution in [0.2, 0.25) is 0 Å². The molecule has 0 spiro atoms. The molecule has 0 bridgehead atoms. The van der Waals surface area contributed by atoms with Gasteiger partial charge in [0.15, 0.2) is 0 Å². The summed E-state index contributed by atoms with van der Waals surface area (Å²) in [6.07, 6.45) is 0. The minimum absolute atomic E-state index is 0.0463. The van der Waals surface area contributed by atoms with Gasteiger partial charge in [-0.25, -0.2) is 0 Å². The first-order valence-electron chi connectivity index (χ1n) is 3.32. The molecule has 0 amide bonds. The summed E-state index contributed by atoms with van der Waals surface area (Å²) in [6.45, 7) is 3.92. The minimum Gasteiger partial charge on any atom is -0.281 e. The first kappa shape index (κ1) is 8.90. The molecule has 1 aliphatic carbocycles. The van der Waals surface area contributed by atoms with Crippen molar-refractivity contribution in [2.75, 3.05) is 0 Å². The van der Waals surface area contributed by atoms with Crippen LogP contribution in [0.1, 0.15) is 13.8 Å². The molecular formula is C8H8Cl2O. The Morgan fingerprint density at radius 3 is 2.36 bits per heavy atom. The van der Waals surface area contributed by atoms with Crippen LogP contribution >= 0.6 is 23.2 Å². The number of carbonyl (C=O) groups is 1. The molecule has 1 aliphatic rings. The molecule has 1 nitrogen and oxygen atoms in total. The van der Waals surface area contributed by atoms with Crippen LogP contribution in [0.25, 0.3) is 0 Å². The van der Waals surface area contributed by atoms with Crippen molar-refractivity contribution in [3.05, 3.63) is 0 Å². The molecule has 0 aromatic carbocycles. The van der Waals surface area contributed by atoms with Crippen LogP contribution in [0.3, 0.4) is 0 Å². The summed E-state index contributed by atoms with van der Waals surface area (Å²) in [5, 5.41) is 1.98. The van der Waals surface area contributed by atoms with Crippen molar-refractivity contribution in [1.29, 1.82) is 0 Å². The van der Waals surface area contributed by atoms with Crippen molar-refractivity contribution in [2.24, 2.45) is 17.3 Å². The van der Waals surface area contributed by atoms with Gasteiger partial charge < -0.3 is 0 Å². The molecule has 0 aliphatic heterocycles. The first-order valence-corrected chi connectivity index (χ1v) is 4.08. The van der Waals surface area contributed by atoms with E-state index in [-0.39, 0.29) is 22.5 Å². The van der Waals surface area contributed by atoms with Gasteiger partial charge in [-0.2, -0.15) is 0 Å². The molecule has 1 rings (SSSR count). The maximum absolute atomic E-state index is 10.8. The van der Waals surface area contributed by atoms with E-state index in [4.69, 9.17) is 23.2 Å². The van der Waals surface area contributed by atoms with Gasteiger partial charge >= 0.3 is 0 Å². The maximum atomic E-state index is 10.8. The van der Waals surface area contributed by atoms with Crippen LogP contribution in [0.5, 0.6) is 0 Å². The van der Waals surface area contributed by atoms with Crippen LogP contribution in [-0.4, -0.2) is 5.24 Å². The average molecular weight is 191 g/mol. The Kier molecular flexibility index (Phi) is 2.18. The molecule has 0 N–H and O–H groups in total. The lowest BCUT2D eigenvalue weighted by atomic mass is 10.1. The van der Waals surface area contributed by atoms with Crippen molar-refractivity contribution >= 4 is 28.4 Å². The highest BCUT2D eigenvalue weighted by Crippen LogP contribution is 2.58. The second-order valence-corrected chi connectivity index (χ2v) is 3.88. The van der Waals surface area contributed by atoms with Crippen LogP contribution in [-0.2, 0) is 4.79 Å². The summed E-state index contributed by atoms with van der Waals surface area (Å²) in [4.78, 5) is 10.8. The van der Waals surface area contributed by atoms with E-state index in [1.165, 1.54) is 0 Å². The van der Waals surface area contributed by atoms with E-state index < -0.39 is 0 Å². The lowest BCUT2D eigenvalue weighted by Gasteiger charge is -1.94. The summed E-state index contributed by atoms with van der Waals surface area (Å²) >= 11 is 10.6. The van der Waals surface area contributed by atoms with E-state index in [9.17, 15) is 4.79 Å². The van der Waals surface area contributed by atoms with Crippen LogP contribution < -0.4 is 0 Å². The molecule has 0 aromatic heterocycles. The number of hydrogen-bond donors (Lipinski definition) is 0. The third-order valence-electron chi connectivity index (χ3n) is 2.28. The summed E-state index contributed by atoms with van der Waals surface area (Å²) < 4.78 is 0. The summed E-state index contributed by atoms with van der Waals surface area (Å²) in [5.74, 6) is 2.67. The highest BCUT2D eigenvalue weighted by molar-refractivity contribution is 6.64. The van der Waals surface area contributed by atoms with Gasteiger partial charge in [0.25, 0.3) is 0 Å². The van der Waals surface area contributed by atoms with Gasteiger partial charge in [0.1, 0.15) is 0 Å². The quantitative estimate of drug-likeness (QED) is 0.458. The lowest BCUT2D eigenvalue weighted by molar-refractivity contribution is -0.113. The third-order valence-corrected chi connectivity index (χ3v) is 2.63. The fourth-order valence-corrected chi connectivity index (χ4v) is 1.91. The van der Waals surface area contributed by atoms with Gasteiger partial charge in [-0.1, -0.05) is 19.8 Å². The van der Waals surface area contributed by atoms with Gasteiger partial charge in [-0.15, -0.1) is 0 Å². The number of carbonyl (C=O) groups excluding carboxylic acids is 1. The Morgan fingerprint density at radius 1 is 1.55 bits per heavy atom. The molecule has 1 saturated carbocycles. The van der Waals surface area contributed by atoms with Crippen LogP contribution in [0, 0.1) is 28.6 Å². The van der Waals surface area contributed by atoms with Crippen molar-refractivity contribution in [1.82, 2.24) is 0 Å². The Morgan fingerprint density at radius 2 is 2.09 bits per heavy atom. The average Bonchev–Trinajstić information content (AvgIpc) is 2.35. The predicted octanol–water partition coefficient (Wildman–Crippen LogP) is 2.22. The molecule has 3 heteroatoms. The summed E-state index contributed by atoms with van der Waals surface area (Å²) in [5.41, 5.74) is -0.0826. The molecule has 11 heavy (non-hydrogen) atoms. The molecule has 0 radical (unpaired) electrons. The van der Waals surface area contributed by atoms with E-state index >= 15 is 0 Å². The minimum atomic E-state index is -0.306. The van der Waals surface area contributed by atoms with Gasteiger partial charge in [0.2, 0.25) is 5.24 Å². The largest absolute Gasteiger partial charge is 0.281 e. The normalized spacial score (nSPS) is 32.0. The zero-order valence-corrected chi connectivity index (χ0v) is 7.83. The van der Waals surface area contributed by atoms with Crippen molar-refractivity contribution in [3.8, 4) is 11.3 Å². The molecule has 2 atom stereocenters. The van der Waals surface area contributed by atoms with Crippen molar-refractivity contribution < 1.29 is 4.79 Å². The van der Waals surface area contributed by atoms with Gasteiger partial charge in [-0.05, 0) is 28.6 Å². The zero-order valence-electron chi connectivity index (χ0n) is 6.32. The summed E-state index contributed by atoms with van der Waals surface area (Å²) in [6, 6.07) is 0. The van der Waals surface area contributed by atoms with E-state index in [0.717, 1.165) is 0 Å². The highest BCUT2D eigenvalue weighted by Gasteiger charge is 2.60. The van der Waals surface area contributed by atoms with E-state index in [1.54, 1.807) is 0 Å². The summed E-state index contributed by atoms with van der Waals surface area (Å²) in [7, 11) is 0. The molecule has 0 aromatic rings. The van der Waals surface area contributed by atoms with Gasteiger partial charge in [0.05, 0.1) is 5.92 Å². The molecule has 2 unspecified atom stereocenters. The zero-order chi connectivity index (χ0) is 8.65. The Bertz CT molecular complexity index is 247. The smallest absolute Gasteiger partial charge is 0.226 e. The molecule has 0 saturated heterocycles. The molecule has 0 heterocycles. The lowest BCUT2D eigenvalue weighted by Crippen LogP contribution is -1.96. The van der Waals surface area contributed by atoms with Crippen molar-refractivity contribution in [2.45, 2.75) is 13.8 Å². The highest BCUT2D eigenvalue weighted by atomic mass is 35.5. The van der Waals surface area contributed by atoms with E-state index in [2.05, 4.69) is 11.3 Å². The van der Waals surface area contributed by atoms with Gasteiger partial charge in [-0.3, -0.25) is 4.79 Å². The number of hydrogen-bond acceptors (Lipinski definition) is 1. The van der Waals surface area contributed by atoms with Gasteiger partial charge in [0, 0.05) is 11.3 Å². The fourth-order valence-electron chi connectivity index (χ4n) is 1.39. The van der Waals surface area contributed by atoms with E-state index in [1.807, 2.05) is 13.8 Å². The standard InChI is InChI=1S/C8H8Cl2O/c1-8(2)5(3-4-9)6(8)7(10)11/h5-6H,1-2H3. The third kappa shape index (κ3) is 1.38. The van der Waals surface area contributed by atoms with Crippen LogP contribution in [0.15, 0.2) is 0 Å². The number of rotatable bonds is 1. The van der Waals surface area contributed by atoms with E-state index in [0.29, 0.717) is 0 Å².